The summed E-state index contributed by atoms with van der Waals surface area (Å²) in [6.07, 6.45) is 1.79. The highest BCUT2D eigenvalue weighted by molar-refractivity contribution is 6.08. The van der Waals surface area contributed by atoms with Gasteiger partial charge in [0.05, 0.1) is 0 Å². The van der Waals surface area contributed by atoms with Crippen LogP contribution in [0.5, 0.6) is 5.88 Å². The number of nitrogens with zero attached hydrogens (tertiary/aromatic N) is 2. The molecule has 78 valence electrons. The van der Waals surface area contributed by atoms with E-state index in [1.807, 2.05) is 6.07 Å². The molecule has 0 aliphatic carbocycles. The molecule has 1 heterocycles. The van der Waals surface area contributed by atoms with Gasteiger partial charge >= 0.3 is 0 Å². The van der Waals surface area contributed by atoms with Crippen LogP contribution in [0.4, 0.5) is 0 Å². The van der Waals surface area contributed by atoms with Gasteiger partial charge in [0, 0.05) is 18.8 Å². The van der Waals surface area contributed by atoms with Crippen LogP contribution < -0.4 is 4.29 Å². The lowest BCUT2D eigenvalue weighted by molar-refractivity contribution is 0.295. The Morgan fingerprint density at radius 2 is 2.07 bits per heavy atom. The van der Waals surface area contributed by atoms with Gasteiger partial charge in [-0.05, 0) is 18.7 Å². The minimum Gasteiger partial charge on any atom is -0.365 e. The Morgan fingerprint density at radius 1 is 1.36 bits per heavy atom. The van der Waals surface area contributed by atoms with Crippen molar-refractivity contribution in [3.05, 3.63) is 23.9 Å². The molecule has 0 aliphatic rings. The monoisotopic (exact) mass is 214 g/mol. The SMILES string of the molecule is CCN(CC)Cc1ccc(OCl)nc1. The molecule has 14 heavy (non-hydrogen) atoms. The first-order chi connectivity index (χ1) is 6.80. The van der Waals surface area contributed by atoms with Gasteiger partial charge < -0.3 is 4.29 Å². The summed E-state index contributed by atoms with van der Waals surface area (Å²) in [7, 11) is 0. The summed E-state index contributed by atoms with van der Waals surface area (Å²) >= 11 is 5.17. The molecule has 0 aromatic carbocycles. The van der Waals surface area contributed by atoms with Crippen LogP contribution in [0.15, 0.2) is 18.3 Å². The molecule has 0 atom stereocenters. The van der Waals surface area contributed by atoms with E-state index < -0.39 is 0 Å². The maximum atomic E-state index is 5.17. The first-order valence-electron chi connectivity index (χ1n) is 4.76. The standard InChI is InChI=1S/C10H15ClN2O/c1-3-13(4-2)8-9-5-6-10(14-11)12-7-9/h5-7H,3-4,8H2,1-2H3. The first kappa shape index (κ1) is 11.3. The number of aromatic nitrogens is 1. The minimum atomic E-state index is 0.440. The van der Waals surface area contributed by atoms with E-state index in [4.69, 9.17) is 11.9 Å². The zero-order chi connectivity index (χ0) is 10.4. The van der Waals surface area contributed by atoms with E-state index in [-0.39, 0.29) is 0 Å². The molecule has 0 spiro atoms. The summed E-state index contributed by atoms with van der Waals surface area (Å²) in [5.41, 5.74) is 1.17. The van der Waals surface area contributed by atoms with Gasteiger partial charge in [0.25, 0.3) is 0 Å². The second-order valence-corrected chi connectivity index (χ2v) is 3.20. The summed E-state index contributed by atoms with van der Waals surface area (Å²) in [6, 6.07) is 3.74. The van der Waals surface area contributed by atoms with Crippen LogP contribution in [-0.4, -0.2) is 23.0 Å². The van der Waals surface area contributed by atoms with Gasteiger partial charge in [-0.1, -0.05) is 19.9 Å². The second kappa shape index (κ2) is 5.83. The van der Waals surface area contributed by atoms with Crippen LogP contribution in [0.3, 0.4) is 0 Å². The maximum Gasteiger partial charge on any atom is 0.236 e. The van der Waals surface area contributed by atoms with Gasteiger partial charge in [0.2, 0.25) is 5.88 Å². The Bertz CT molecular complexity index is 259. The van der Waals surface area contributed by atoms with Crippen LogP contribution in [0.1, 0.15) is 19.4 Å². The van der Waals surface area contributed by atoms with Crippen molar-refractivity contribution in [2.75, 3.05) is 13.1 Å². The lowest BCUT2D eigenvalue weighted by Crippen LogP contribution is -2.22. The quantitative estimate of drug-likeness (QED) is 0.753. The third kappa shape index (κ3) is 3.16. The number of halogens is 1. The average Bonchev–Trinajstić information content (AvgIpc) is 2.26. The molecule has 1 aromatic heterocycles. The van der Waals surface area contributed by atoms with Gasteiger partial charge in [-0.25, -0.2) is 4.98 Å². The van der Waals surface area contributed by atoms with Crippen molar-refractivity contribution >= 4 is 11.9 Å². The lowest BCUT2D eigenvalue weighted by Gasteiger charge is -2.17. The molecule has 0 saturated heterocycles. The van der Waals surface area contributed by atoms with Crippen molar-refractivity contribution in [3.63, 3.8) is 0 Å². The van der Waals surface area contributed by atoms with Crippen molar-refractivity contribution in [2.45, 2.75) is 20.4 Å². The molecule has 0 N–H and O–H groups in total. The molecular formula is C10H15ClN2O. The predicted octanol–water partition coefficient (Wildman–Crippen LogP) is 2.46. The van der Waals surface area contributed by atoms with Crippen molar-refractivity contribution in [2.24, 2.45) is 0 Å². The second-order valence-electron chi connectivity index (χ2n) is 3.04. The van der Waals surface area contributed by atoms with Crippen LogP contribution in [0.25, 0.3) is 0 Å². The van der Waals surface area contributed by atoms with Crippen LogP contribution >= 0.6 is 11.9 Å². The number of rotatable bonds is 5. The smallest absolute Gasteiger partial charge is 0.236 e. The van der Waals surface area contributed by atoms with Crippen LogP contribution in [-0.2, 0) is 6.54 Å². The topological polar surface area (TPSA) is 25.4 Å². The van der Waals surface area contributed by atoms with Gasteiger partial charge in [0.15, 0.2) is 0 Å². The molecule has 0 radical (unpaired) electrons. The van der Waals surface area contributed by atoms with Crippen LogP contribution in [0.2, 0.25) is 0 Å². The summed E-state index contributed by atoms with van der Waals surface area (Å²) in [4.78, 5) is 6.36. The molecule has 4 heteroatoms. The Balaban J connectivity index is 2.58. The molecule has 0 saturated carbocycles. The average molecular weight is 215 g/mol. The summed E-state index contributed by atoms with van der Waals surface area (Å²) in [5, 5.41) is 0. The summed E-state index contributed by atoms with van der Waals surface area (Å²) in [6.45, 7) is 7.30. The highest BCUT2D eigenvalue weighted by Gasteiger charge is 2.01. The zero-order valence-electron chi connectivity index (χ0n) is 8.53. The van der Waals surface area contributed by atoms with Gasteiger partial charge in [-0.15, -0.1) is 0 Å². The Labute approximate surface area is 89.8 Å². The van der Waals surface area contributed by atoms with E-state index in [0.717, 1.165) is 19.6 Å². The summed E-state index contributed by atoms with van der Waals surface area (Å²) in [5.74, 6) is 0.440. The van der Waals surface area contributed by atoms with Gasteiger partial charge in [-0.3, -0.25) is 4.90 Å². The lowest BCUT2D eigenvalue weighted by atomic mass is 10.2. The van der Waals surface area contributed by atoms with Crippen molar-refractivity contribution in [1.82, 2.24) is 9.88 Å². The van der Waals surface area contributed by atoms with E-state index >= 15 is 0 Å². The molecule has 0 unspecified atom stereocenters. The molecule has 1 aromatic rings. The predicted molar refractivity (Wildman–Crippen MR) is 57.3 cm³/mol. The third-order valence-electron chi connectivity index (χ3n) is 2.18. The maximum absolute atomic E-state index is 5.17. The van der Waals surface area contributed by atoms with Gasteiger partial charge in [-0.2, -0.15) is 0 Å². The fourth-order valence-electron chi connectivity index (χ4n) is 1.26. The van der Waals surface area contributed by atoms with E-state index in [1.54, 1.807) is 12.3 Å². The molecule has 0 aliphatic heterocycles. The Hall–Kier alpha value is -0.800. The Kier molecular flexibility index (Phi) is 4.70. The van der Waals surface area contributed by atoms with E-state index in [0.29, 0.717) is 5.88 Å². The first-order valence-corrected chi connectivity index (χ1v) is 5.06. The molecular weight excluding hydrogens is 200 g/mol. The third-order valence-corrected chi connectivity index (χ3v) is 2.34. The minimum absolute atomic E-state index is 0.440. The van der Waals surface area contributed by atoms with Gasteiger partial charge in [0.1, 0.15) is 11.9 Å². The van der Waals surface area contributed by atoms with E-state index in [1.165, 1.54) is 5.56 Å². The molecule has 0 bridgehead atoms. The van der Waals surface area contributed by atoms with E-state index in [9.17, 15) is 0 Å². The zero-order valence-corrected chi connectivity index (χ0v) is 9.29. The number of pyridine rings is 1. The highest BCUT2D eigenvalue weighted by atomic mass is 35.5. The number of hydrogen-bond donors (Lipinski definition) is 0. The van der Waals surface area contributed by atoms with E-state index in [2.05, 4.69) is 28.0 Å². The molecule has 0 amide bonds. The summed E-state index contributed by atoms with van der Waals surface area (Å²) < 4.78 is 4.47. The Morgan fingerprint density at radius 3 is 2.50 bits per heavy atom. The highest BCUT2D eigenvalue weighted by Crippen LogP contribution is 2.10. The normalized spacial score (nSPS) is 10.6. The molecule has 3 nitrogen and oxygen atoms in total. The van der Waals surface area contributed by atoms with Crippen LogP contribution in [0, 0.1) is 0 Å². The fourth-order valence-corrected chi connectivity index (χ4v) is 1.35. The van der Waals surface area contributed by atoms with Crippen molar-refractivity contribution in [3.8, 4) is 5.88 Å². The largest absolute Gasteiger partial charge is 0.365 e. The molecule has 1 rings (SSSR count). The fraction of sp³-hybridized carbons (Fsp3) is 0.500. The van der Waals surface area contributed by atoms with Crippen molar-refractivity contribution < 1.29 is 4.29 Å². The molecule has 0 fully saturated rings. The number of hydrogen-bond acceptors (Lipinski definition) is 3. The van der Waals surface area contributed by atoms with Crippen molar-refractivity contribution in [1.29, 1.82) is 0 Å².